The summed E-state index contributed by atoms with van der Waals surface area (Å²) in [4.78, 5) is 21.2. The zero-order chi connectivity index (χ0) is 14.2. The molecule has 4 rings (SSSR count). The molecule has 0 spiro atoms. The van der Waals surface area contributed by atoms with Crippen LogP contribution < -0.4 is 0 Å². The first-order chi connectivity index (χ1) is 10.3. The zero-order valence-corrected chi connectivity index (χ0v) is 11.8. The number of pyridine rings is 2. The summed E-state index contributed by atoms with van der Waals surface area (Å²) in [6.45, 7) is 0. The van der Waals surface area contributed by atoms with Gasteiger partial charge in [0.15, 0.2) is 5.78 Å². The molecule has 0 aliphatic heterocycles. The Hall–Kier alpha value is -2.59. The van der Waals surface area contributed by atoms with Gasteiger partial charge in [-0.15, -0.1) is 11.3 Å². The van der Waals surface area contributed by atoms with Crippen molar-refractivity contribution >= 4 is 38.1 Å². The average molecular weight is 290 g/mol. The molecular weight excluding hydrogens is 280 g/mol. The number of fused-ring (bicyclic) bond motifs is 2. The van der Waals surface area contributed by atoms with E-state index in [1.54, 1.807) is 29.9 Å². The van der Waals surface area contributed by atoms with Crippen molar-refractivity contribution in [2.45, 2.75) is 0 Å². The Balaban J connectivity index is 1.89. The fourth-order valence-electron chi connectivity index (χ4n) is 2.45. The highest BCUT2D eigenvalue weighted by molar-refractivity contribution is 7.17. The number of aromatic nitrogens is 2. The van der Waals surface area contributed by atoms with Gasteiger partial charge in [-0.2, -0.15) is 0 Å². The maximum absolute atomic E-state index is 12.8. The van der Waals surface area contributed by atoms with Crippen molar-refractivity contribution in [1.29, 1.82) is 0 Å². The molecule has 0 fully saturated rings. The Labute approximate surface area is 124 Å². The molecule has 0 amide bonds. The van der Waals surface area contributed by atoms with E-state index in [-0.39, 0.29) is 5.78 Å². The van der Waals surface area contributed by atoms with E-state index in [4.69, 9.17) is 0 Å². The van der Waals surface area contributed by atoms with Gasteiger partial charge < -0.3 is 0 Å². The average Bonchev–Trinajstić information content (AvgIpc) is 3.01. The van der Waals surface area contributed by atoms with Crippen LogP contribution in [0.15, 0.2) is 60.4 Å². The summed E-state index contributed by atoms with van der Waals surface area (Å²) in [6.07, 6.45) is 5.13. The van der Waals surface area contributed by atoms with Gasteiger partial charge in [0.2, 0.25) is 0 Å². The Morgan fingerprint density at radius 1 is 1.10 bits per heavy atom. The molecule has 0 aliphatic carbocycles. The molecule has 0 N–H and O–H groups in total. The standard InChI is InChI=1S/C17H10N2OS/c20-17(12-8-16-15(19-10-12)5-7-21-16)14-3-1-2-11-9-18-6-4-13(11)14/h1-10H. The zero-order valence-electron chi connectivity index (χ0n) is 11.0. The molecule has 4 heteroatoms. The summed E-state index contributed by atoms with van der Waals surface area (Å²) < 4.78 is 1.03. The number of rotatable bonds is 2. The highest BCUT2D eigenvalue weighted by atomic mass is 32.1. The van der Waals surface area contributed by atoms with E-state index in [2.05, 4.69) is 9.97 Å². The van der Waals surface area contributed by atoms with Crippen LogP contribution in [0.5, 0.6) is 0 Å². The third-order valence-electron chi connectivity index (χ3n) is 3.49. The lowest BCUT2D eigenvalue weighted by atomic mass is 9.99. The van der Waals surface area contributed by atoms with Gasteiger partial charge in [-0.3, -0.25) is 14.8 Å². The second kappa shape index (κ2) is 4.75. The van der Waals surface area contributed by atoms with Gasteiger partial charge in [-0.1, -0.05) is 18.2 Å². The van der Waals surface area contributed by atoms with Crippen LogP contribution in [-0.4, -0.2) is 15.8 Å². The van der Waals surface area contributed by atoms with Crippen LogP contribution in [0.3, 0.4) is 0 Å². The van der Waals surface area contributed by atoms with Crippen molar-refractivity contribution in [1.82, 2.24) is 9.97 Å². The van der Waals surface area contributed by atoms with E-state index in [0.29, 0.717) is 11.1 Å². The summed E-state index contributed by atoms with van der Waals surface area (Å²) in [5, 5.41) is 3.87. The van der Waals surface area contributed by atoms with Gasteiger partial charge in [0, 0.05) is 35.1 Å². The lowest BCUT2D eigenvalue weighted by molar-refractivity contribution is 0.104. The smallest absolute Gasteiger partial charge is 0.195 e. The van der Waals surface area contributed by atoms with Crippen molar-refractivity contribution in [2.75, 3.05) is 0 Å². The summed E-state index contributed by atoms with van der Waals surface area (Å²) in [7, 11) is 0. The molecule has 3 heterocycles. The number of ketones is 1. The molecule has 0 aliphatic rings. The second-order valence-electron chi connectivity index (χ2n) is 4.76. The predicted molar refractivity (Wildman–Crippen MR) is 84.8 cm³/mol. The molecule has 21 heavy (non-hydrogen) atoms. The molecule has 0 atom stereocenters. The largest absolute Gasteiger partial charge is 0.289 e. The van der Waals surface area contributed by atoms with Gasteiger partial charge in [0.25, 0.3) is 0 Å². The van der Waals surface area contributed by atoms with Crippen LogP contribution >= 0.6 is 11.3 Å². The van der Waals surface area contributed by atoms with Crippen LogP contribution in [0.4, 0.5) is 0 Å². The molecule has 0 saturated carbocycles. The fourth-order valence-corrected chi connectivity index (χ4v) is 3.23. The van der Waals surface area contributed by atoms with Crippen LogP contribution in [-0.2, 0) is 0 Å². The first kappa shape index (κ1) is 12.2. The van der Waals surface area contributed by atoms with Crippen LogP contribution in [0.25, 0.3) is 21.0 Å². The second-order valence-corrected chi connectivity index (χ2v) is 5.71. The normalized spacial score (nSPS) is 11.0. The quantitative estimate of drug-likeness (QED) is 0.522. The predicted octanol–water partition coefficient (Wildman–Crippen LogP) is 4.08. The number of thiophene rings is 1. The Morgan fingerprint density at radius 3 is 3.00 bits per heavy atom. The first-order valence-electron chi connectivity index (χ1n) is 6.53. The molecule has 0 saturated heterocycles. The van der Waals surface area contributed by atoms with Crippen molar-refractivity contribution in [3.8, 4) is 0 Å². The monoisotopic (exact) mass is 290 g/mol. The Bertz CT molecular complexity index is 969. The summed E-state index contributed by atoms with van der Waals surface area (Å²) in [5.41, 5.74) is 2.24. The molecule has 3 aromatic heterocycles. The van der Waals surface area contributed by atoms with E-state index < -0.39 is 0 Å². The van der Waals surface area contributed by atoms with Crippen LogP contribution in [0.1, 0.15) is 15.9 Å². The van der Waals surface area contributed by atoms with Crippen molar-refractivity contribution in [3.05, 3.63) is 71.5 Å². The van der Waals surface area contributed by atoms with E-state index >= 15 is 0 Å². The fraction of sp³-hybridized carbons (Fsp3) is 0. The lowest BCUT2D eigenvalue weighted by Gasteiger charge is -2.05. The third-order valence-corrected chi connectivity index (χ3v) is 4.34. The molecule has 0 radical (unpaired) electrons. The Morgan fingerprint density at radius 2 is 2.05 bits per heavy atom. The SMILES string of the molecule is O=C(c1cnc2ccsc2c1)c1cccc2cnccc12. The molecule has 1 aromatic carbocycles. The minimum atomic E-state index is -0.00500. The summed E-state index contributed by atoms with van der Waals surface area (Å²) >= 11 is 1.59. The lowest BCUT2D eigenvalue weighted by Crippen LogP contribution is -2.02. The maximum Gasteiger partial charge on any atom is 0.195 e. The van der Waals surface area contributed by atoms with Gasteiger partial charge >= 0.3 is 0 Å². The van der Waals surface area contributed by atoms with Gasteiger partial charge in [0.1, 0.15) is 0 Å². The molecule has 100 valence electrons. The number of nitrogens with zero attached hydrogens (tertiary/aromatic N) is 2. The van der Waals surface area contributed by atoms with E-state index in [1.807, 2.05) is 41.8 Å². The van der Waals surface area contributed by atoms with E-state index in [9.17, 15) is 4.79 Å². The van der Waals surface area contributed by atoms with Crippen molar-refractivity contribution < 1.29 is 4.79 Å². The van der Waals surface area contributed by atoms with Gasteiger partial charge in [0.05, 0.1) is 10.2 Å². The molecule has 0 unspecified atom stereocenters. The Kier molecular flexibility index (Phi) is 2.75. The molecule has 4 aromatic rings. The van der Waals surface area contributed by atoms with Crippen LogP contribution in [0, 0.1) is 0 Å². The van der Waals surface area contributed by atoms with Crippen molar-refractivity contribution in [2.24, 2.45) is 0 Å². The third kappa shape index (κ3) is 2.00. The van der Waals surface area contributed by atoms with E-state index in [0.717, 1.165) is 21.0 Å². The minimum Gasteiger partial charge on any atom is -0.289 e. The topological polar surface area (TPSA) is 42.9 Å². The maximum atomic E-state index is 12.8. The first-order valence-corrected chi connectivity index (χ1v) is 7.41. The van der Waals surface area contributed by atoms with Crippen LogP contribution in [0.2, 0.25) is 0 Å². The summed E-state index contributed by atoms with van der Waals surface area (Å²) in [5.74, 6) is -0.00500. The number of hydrogen-bond donors (Lipinski definition) is 0. The summed E-state index contributed by atoms with van der Waals surface area (Å²) in [6, 6.07) is 11.4. The number of benzene rings is 1. The molecular formula is C17H10N2OS. The number of hydrogen-bond acceptors (Lipinski definition) is 4. The molecule has 3 nitrogen and oxygen atoms in total. The number of carbonyl (C=O) groups excluding carboxylic acids is 1. The number of carbonyl (C=O) groups is 1. The highest BCUT2D eigenvalue weighted by Gasteiger charge is 2.13. The van der Waals surface area contributed by atoms with Crippen molar-refractivity contribution in [3.63, 3.8) is 0 Å². The van der Waals surface area contributed by atoms with Gasteiger partial charge in [-0.25, -0.2) is 0 Å². The molecule has 0 bridgehead atoms. The highest BCUT2D eigenvalue weighted by Crippen LogP contribution is 2.24. The van der Waals surface area contributed by atoms with E-state index in [1.165, 1.54) is 0 Å². The minimum absolute atomic E-state index is 0.00500. The van der Waals surface area contributed by atoms with Gasteiger partial charge in [-0.05, 0) is 29.0 Å².